The van der Waals surface area contributed by atoms with Crippen molar-refractivity contribution in [2.45, 2.75) is 12.8 Å². The number of hydrogen-bond acceptors (Lipinski definition) is 4. The molecule has 0 saturated carbocycles. The molecule has 0 spiro atoms. The van der Waals surface area contributed by atoms with Crippen LogP contribution in [-0.2, 0) is 0 Å². The summed E-state index contributed by atoms with van der Waals surface area (Å²) < 4.78 is 6.53. The first-order valence-electron chi connectivity index (χ1n) is 8.07. The summed E-state index contributed by atoms with van der Waals surface area (Å²) in [5, 5.41) is 17.1. The summed E-state index contributed by atoms with van der Waals surface area (Å²) in [6.45, 7) is 2.04. The third kappa shape index (κ3) is 2.57. The molecule has 5 nitrogen and oxygen atoms in total. The Bertz CT molecular complexity index is 1060. The summed E-state index contributed by atoms with van der Waals surface area (Å²) in [4.78, 5) is 0. The van der Waals surface area contributed by atoms with E-state index < -0.39 is 0 Å². The number of aromatic amines is 1. The van der Waals surface area contributed by atoms with Gasteiger partial charge in [-0.1, -0.05) is 64.0 Å². The van der Waals surface area contributed by atoms with Gasteiger partial charge in [0.2, 0.25) is 11.8 Å². The number of nitrogens with one attached hydrogen (secondary N) is 1. The molecule has 0 aliphatic carbocycles. The highest BCUT2D eigenvalue weighted by Crippen LogP contribution is 2.47. The van der Waals surface area contributed by atoms with Crippen LogP contribution in [0.15, 0.2) is 64.5 Å². The predicted octanol–water partition coefficient (Wildman–Crippen LogP) is 4.37. The molecule has 2 aromatic carbocycles. The summed E-state index contributed by atoms with van der Waals surface area (Å²) in [6.07, 6.45) is 0. The molecule has 26 heavy (non-hydrogen) atoms. The predicted molar refractivity (Wildman–Crippen MR) is 102 cm³/mol. The molecule has 0 unspecified atom stereocenters. The standard InChI is InChI=1S/C20H15BrN4O/c1-11-6-8-12(9-7-11)18-17-16(13-4-2-3-5-15(13)21)14(10-22)19(23)26-20(17)25-24-18/h2-9,16H,23H2,1H3,(H,24,25)/t16-/m0/s1. The molecule has 3 N–H and O–H groups in total. The third-order valence-electron chi connectivity index (χ3n) is 4.50. The van der Waals surface area contributed by atoms with E-state index in [0.29, 0.717) is 11.5 Å². The number of aryl methyl sites for hydroxylation is 1. The van der Waals surface area contributed by atoms with E-state index in [1.54, 1.807) is 0 Å². The minimum absolute atomic E-state index is 0.0858. The van der Waals surface area contributed by atoms with Gasteiger partial charge in [-0.15, -0.1) is 5.10 Å². The van der Waals surface area contributed by atoms with Crippen molar-refractivity contribution in [2.75, 3.05) is 0 Å². The molecule has 3 aromatic rings. The van der Waals surface area contributed by atoms with Gasteiger partial charge in [0, 0.05) is 10.0 Å². The molecule has 4 rings (SSSR count). The topological polar surface area (TPSA) is 87.7 Å². The normalized spacial score (nSPS) is 16.0. The Balaban J connectivity index is 1.97. The minimum Gasteiger partial charge on any atom is -0.420 e. The molecule has 0 radical (unpaired) electrons. The smallest absolute Gasteiger partial charge is 0.244 e. The largest absolute Gasteiger partial charge is 0.420 e. The maximum atomic E-state index is 9.73. The summed E-state index contributed by atoms with van der Waals surface area (Å²) in [6, 6.07) is 18.1. The van der Waals surface area contributed by atoms with Crippen LogP contribution in [0, 0.1) is 18.3 Å². The maximum Gasteiger partial charge on any atom is 0.244 e. The average molecular weight is 407 g/mol. The summed E-state index contributed by atoms with van der Waals surface area (Å²) in [5.41, 5.74) is 11.1. The number of fused-ring (bicyclic) bond motifs is 1. The van der Waals surface area contributed by atoms with Crippen molar-refractivity contribution in [3.8, 4) is 23.2 Å². The fourth-order valence-corrected chi connectivity index (χ4v) is 3.72. The number of nitriles is 1. The molecule has 1 aromatic heterocycles. The second-order valence-corrected chi connectivity index (χ2v) is 6.98. The van der Waals surface area contributed by atoms with Crippen LogP contribution in [-0.4, -0.2) is 10.2 Å². The Morgan fingerprint density at radius 2 is 1.92 bits per heavy atom. The van der Waals surface area contributed by atoms with Crippen molar-refractivity contribution in [3.63, 3.8) is 0 Å². The van der Waals surface area contributed by atoms with Gasteiger partial charge in [0.05, 0.1) is 17.2 Å². The number of benzene rings is 2. The zero-order valence-corrected chi connectivity index (χ0v) is 15.5. The van der Waals surface area contributed by atoms with Crippen molar-refractivity contribution < 1.29 is 4.74 Å². The second kappa shape index (κ2) is 6.36. The zero-order valence-electron chi connectivity index (χ0n) is 14.0. The van der Waals surface area contributed by atoms with Crippen LogP contribution in [0.5, 0.6) is 5.88 Å². The van der Waals surface area contributed by atoms with E-state index >= 15 is 0 Å². The molecule has 0 bridgehead atoms. The van der Waals surface area contributed by atoms with Crippen LogP contribution in [0.1, 0.15) is 22.6 Å². The quantitative estimate of drug-likeness (QED) is 0.661. The van der Waals surface area contributed by atoms with Crippen LogP contribution in [0.4, 0.5) is 0 Å². The minimum atomic E-state index is -0.366. The van der Waals surface area contributed by atoms with E-state index in [0.717, 1.165) is 26.9 Å². The number of aromatic nitrogens is 2. The molecule has 1 aliphatic rings. The molecule has 1 aliphatic heterocycles. The van der Waals surface area contributed by atoms with Crippen molar-refractivity contribution >= 4 is 15.9 Å². The van der Waals surface area contributed by atoms with Gasteiger partial charge in [-0.2, -0.15) is 5.26 Å². The number of ether oxygens (including phenoxy) is 1. The van der Waals surface area contributed by atoms with Crippen molar-refractivity contribution in [3.05, 3.63) is 81.2 Å². The fourth-order valence-electron chi connectivity index (χ4n) is 3.21. The Labute approximate surface area is 159 Å². The first-order valence-corrected chi connectivity index (χ1v) is 8.86. The van der Waals surface area contributed by atoms with Crippen molar-refractivity contribution in [1.29, 1.82) is 5.26 Å². The van der Waals surface area contributed by atoms with Gasteiger partial charge in [0.1, 0.15) is 11.6 Å². The number of halogens is 1. The monoisotopic (exact) mass is 406 g/mol. The number of nitrogens with two attached hydrogens (primary N) is 1. The van der Waals surface area contributed by atoms with Crippen LogP contribution in [0.2, 0.25) is 0 Å². The van der Waals surface area contributed by atoms with Gasteiger partial charge in [-0.05, 0) is 18.6 Å². The molecule has 6 heteroatoms. The number of hydrogen-bond donors (Lipinski definition) is 2. The number of H-pyrrole nitrogens is 1. The molecule has 128 valence electrons. The SMILES string of the molecule is Cc1ccc(-c2[nH]nc3c2[C@@H](c2ccccc2Br)C(C#N)=C(N)O3)cc1. The lowest BCUT2D eigenvalue weighted by atomic mass is 9.83. The molecular formula is C20H15BrN4O. The van der Waals surface area contributed by atoms with E-state index in [1.807, 2.05) is 55.5 Å². The van der Waals surface area contributed by atoms with Gasteiger partial charge in [0.15, 0.2) is 0 Å². The Morgan fingerprint density at radius 3 is 2.62 bits per heavy atom. The number of rotatable bonds is 2. The molecule has 2 heterocycles. The van der Waals surface area contributed by atoms with Gasteiger partial charge in [-0.3, -0.25) is 5.10 Å². The molecular weight excluding hydrogens is 392 g/mol. The lowest BCUT2D eigenvalue weighted by Gasteiger charge is -2.24. The lowest BCUT2D eigenvalue weighted by molar-refractivity contribution is 0.379. The molecule has 0 amide bonds. The highest BCUT2D eigenvalue weighted by Gasteiger charge is 2.36. The van der Waals surface area contributed by atoms with Crippen LogP contribution >= 0.6 is 15.9 Å². The first kappa shape index (κ1) is 16.4. The van der Waals surface area contributed by atoms with Gasteiger partial charge < -0.3 is 10.5 Å². The van der Waals surface area contributed by atoms with E-state index in [2.05, 4.69) is 32.2 Å². The van der Waals surface area contributed by atoms with E-state index in [9.17, 15) is 5.26 Å². The Hall–Kier alpha value is -3.04. The van der Waals surface area contributed by atoms with Crippen molar-refractivity contribution in [2.24, 2.45) is 5.73 Å². The average Bonchev–Trinajstić information content (AvgIpc) is 3.05. The summed E-state index contributed by atoms with van der Waals surface area (Å²) in [7, 11) is 0. The van der Waals surface area contributed by atoms with Crippen molar-refractivity contribution in [1.82, 2.24) is 10.2 Å². The Kier molecular flexibility index (Phi) is 4.02. The zero-order chi connectivity index (χ0) is 18.3. The first-order chi connectivity index (χ1) is 12.6. The second-order valence-electron chi connectivity index (χ2n) is 6.13. The van der Waals surface area contributed by atoms with Crippen LogP contribution in [0.25, 0.3) is 11.3 Å². The fraction of sp³-hybridized carbons (Fsp3) is 0.100. The summed E-state index contributed by atoms with van der Waals surface area (Å²) in [5.74, 6) is 0.120. The third-order valence-corrected chi connectivity index (χ3v) is 5.22. The van der Waals surface area contributed by atoms with Gasteiger partial charge >= 0.3 is 0 Å². The van der Waals surface area contributed by atoms with E-state index in [4.69, 9.17) is 10.5 Å². The highest BCUT2D eigenvalue weighted by atomic mass is 79.9. The van der Waals surface area contributed by atoms with E-state index in [-0.39, 0.29) is 11.8 Å². The van der Waals surface area contributed by atoms with Crippen LogP contribution < -0.4 is 10.5 Å². The molecule has 0 saturated heterocycles. The number of nitrogens with zero attached hydrogens (tertiary/aromatic N) is 2. The number of allylic oxidation sites excluding steroid dienone is 1. The molecule has 1 atom stereocenters. The lowest BCUT2D eigenvalue weighted by Crippen LogP contribution is -2.21. The van der Waals surface area contributed by atoms with Crippen LogP contribution in [0.3, 0.4) is 0 Å². The Morgan fingerprint density at radius 1 is 1.19 bits per heavy atom. The van der Waals surface area contributed by atoms with Gasteiger partial charge in [-0.25, -0.2) is 0 Å². The van der Waals surface area contributed by atoms with E-state index in [1.165, 1.54) is 5.56 Å². The highest BCUT2D eigenvalue weighted by molar-refractivity contribution is 9.10. The van der Waals surface area contributed by atoms with Gasteiger partial charge in [0.25, 0.3) is 0 Å². The maximum absolute atomic E-state index is 9.73. The molecule has 0 fully saturated rings. The summed E-state index contributed by atoms with van der Waals surface area (Å²) >= 11 is 3.59.